The van der Waals surface area contributed by atoms with Gasteiger partial charge in [0, 0.05) is 31.9 Å². The maximum Gasteiger partial charge on any atom is 0.260 e. The molecule has 1 amide bonds. The van der Waals surface area contributed by atoms with Crippen LogP contribution in [0.1, 0.15) is 16.1 Å². The molecule has 1 aromatic rings. The second-order valence-electron chi connectivity index (χ2n) is 5.27. The molecule has 0 bridgehead atoms. The van der Waals surface area contributed by atoms with Crippen LogP contribution in [0, 0.1) is 18.8 Å². The number of pyridine rings is 1. The number of H-pyrrole nitrogens is 1. The van der Waals surface area contributed by atoms with Crippen molar-refractivity contribution in [1.29, 1.82) is 0 Å². The number of aromatic amines is 1. The normalized spacial score (nSPS) is 26.4. The molecule has 18 heavy (non-hydrogen) atoms. The first-order valence-electron chi connectivity index (χ1n) is 6.35. The Kier molecular flexibility index (Phi) is 2.70. The molecule has 2 aliphatic rings. The highest BCUT2D eigenvalue weighted by Gasteiger charge is 2.38. The SMILES string of the molecule is Cc1ccc(C(=O)N2CC3CNCC3C2)c(=O)[nH]1. The number of aryl methyl sites for hydroxylation is 1. The Hall–Kier alpha value is -1.62. The number of nitrogens with one attached hydrogen (secondary N) is 2. The number of aromatic nitrogens is 1. The van der Waals surface area contributed by atoms with Crippen LogP contribution in [-0.4, -0.2) is 42.0 Å². The lowest BCUT2D eigenvalue weighted by Gasteiger charge is -2.17. The fraction of sp³-hybridized carbons (Fsp3) is 0.538. The second-order valence-corrected chi connectivity index (χ2v) is 5.27. The molecule has 0 radical (unpaired) electrons. The monoisotopic (exact) mass is 247 g/mol. The zero-order chi connectivity index (χ0) is 12.7. The van der Waals surface area contributed by atoms with Crippen LogP contribution in [-0.2, 0) is 0 Å². The van der Waals surface area contributed by atoms with Gasteiger partial charge >= 0.3 is 0 Å². The maximum atomic E-state index is 12.3. The van der Waals surface area contributed by atoms with E-state index in [9.17, 15) is 9.59 Å². The molecule has 0 aliphatic carbocycles. The number of amides is 1. The van der Waals surface area contributed by atoms with Crippen LogP contribution >= 0.6 is 0 Å². The number of hydrogen-bond acceptors (Lipinski definition) is 3. The Morgan fingerprint density at radius 1 is 1.28 bits per heavy atom. The number of likely N-dealkylation sites (tertiary alicyclic amines) is 1. The molecule has 0 spiro atoms. The third-order valence-electron chi connectivity index (χ3n) is 3.96. The average Bonchev–Trinajstić information content (AvgIpc) is 2.87. The fourth-order valence-electron chi connectivity index (χ4n) is 2.93. The molecule has 2 atom stereocenters. The average molecular weight is 247 g/mol. The van der Waals surface area contributed by atoms with Gasteiger partial charge in [0.1, 0.15) is 5.56 Å². The summed E-state index contributed by atoms with van der Waals surface area (Å²) in [5, 5.41) is 3.34. The van der Waals surface area contributed by atoms with E-state index in [2.05, 4.69) is 10.3 Å². The predicted octanol–water partition coefficient (Wildman–Crippen LogP) is -0.0253. The zero-order valence-electron chi connectivity index (χ0n) is 10.4. The Morgan fingerprint density at radius 3 is 2.56 bits per heavy atom. The van der Waals surface area contributed by atoms with Crippen LogP contribution < -0.4 is 10.9 Å². The number of carbonyl (C=O) groups is 1. The highest BCUT2D eigenvalue weighted by molar-refractivity contribution is 5.94. The van der Waals surface area contributed by atoms with E-state index in [0.717, 1.165) is 31.9 Å². The van der Waals surface area contributed by atoms with Gasteiger partial charge in [0.05, 0.1) is 0 Å². The van der Waals surface area contributed by atoms with E-state index in [1.54, 1.807) is 12.1 Å². The lowest BCUT2D eigenvalue weighted by Crippen LogP contribution is -2.35. The van der Waals surface area contributed by atoms with Gasteiger partial charge in [-0.1, -0.05) is 0 Å². The largest absolute Gasteiger partial charge is 0.338 e. The Balaban J connectivity index is 1.81. The number of carbonyl (C=O) groups excluding carboxylic acids is 1. The summed E-state index contributed by atoms with van der Waals surface area (Å²) in [5.41, 5.74) is 0.753. The number of rotatable bonds is 1. The lowest BCUT2D eigenvalue weighted by molar-refractivity contribution is 0.0780. The highest BCUT2D eigenvalue weighted by atomic mass is 16.2. The quantitative estimate of drug-likeness (QED) is 0.732. The minimum Gasteiger partial charge on any atom is -0.338 e. The van der Waals surface area contributed by atoms with Gasteiger partial charge < -0.3 is 15.2 Å². The Bertz CT molecular complexity index is 525. The third kappa shape index (κ3) is 1.84. The smallest absolute Gasteiger partial charge is 0.260 e. The van der Waals surface area contributed by atoms with Gasteiger partial charge in [-0.3, -0.25) is 9.59 Å². The molecule has 3 rings (SSSR count). The highest BCUT2D eigenvalue weighted by Crippen LogP contribution is 2.26. The van der Waals surface area contributed by atoms with Gasteiger partial charge in [-0.25, -0.2) is 0 Å². The Morgan fingerprint density at radius 2 is 1.94 bits per heavy atom. The molecule has 2 aliphatic heterocycles. The summed E-state index contributed by atoms with van der Waals surface area (Å²) < 4.78 is 0. The summed E-state index contributed by atoms with van der Waals surface area (Å²) in [6.07, 6.45) is 0. The van der Waals surface area contributed by atoms with Gasteiger partial charge in [-0.05, 0) is 30.9 Å². The van der Waals surface area contributed by atoms with Crippen molar-refractivity contribution in [1.82, 2.24) is 15.2 Å². The zero-order valence-corrected chi connectivity index (χ0v) is 10.4. The lowest BCUT2D eigenvalue weighted by atomic mass is 10.0. The third-order valence-corrected chi connectivity index (χ3v) is 3.96. The molecule has 2 fully saturated rings. The van der Waals surface area contributed by atoms with Crippen molar-refractivity contribution in [3.63, 3.8) is 0 Å². The predicted molar refractivity (Wildman–Crippen MR) is 67.6 cm³/mol. The summed E-state index contributed by atoms with van der Waals surface area (Å²) in [6.45, 7) is 5.31. The molecule has 5 heteroatoms. The van der Waals surface area contributed by atoms with E-state index in [-0.39, 0.29) is 17.0 Å². The van der Waals surface area contributed by atoms with Crippen LogP contribution in [0.2, 0.25) is 0 Å². The number of nitrogens with zero attached hydrogens (tertiary/aromatic N) is 1. The summed E-state index contributed by atoms with van der Waals surface area (Å²) in [5.74, 6) is 0.975. The van der Waals surface area contributed by atoms with Crippen LogP contribution in [0.15, 0.2) is 16.9 Å². The molecule has 0 aromatic carbocycles. The van der Waals surface area contributed by atoms with Crippen LogP contribution in [0.25, 0.3) is 0 Å². The van der Waals surface area contributed by atoms with E-state index in [1.165, 1.54) is 0 Å². The van der Waals surface area contributed by atoms with E-state index < -0.39 is 0 Å². The fourth-order valence-corrected chi connectivity index (χ4v) is 2.93. The van der Waals surface area contributed by atoms with E-state index >= 15 is 0 Å². The van der Waals surface area contributed by atoms with E-state index in [1.807, 2.05) is 11.8 Å². The van der Waals surface area contributed by atoms with Crippen LogP contribution in [0.4, 0.5) is 0 Å². The summed E-state index contributed by atoms with van der Waals surface area (Å²) in [7, 11) is 0. The van der Waals surface area contributed by atoms with Gasteiger partial charge in [0.25, 0.3) is 11.5 Å². The van der Waals surface area contributed by atoms with Crippen LogP contribution in [0.5, 0.6) is 0 Å². The molecule has 1 aromatic heterocycles. The van der Waals surface area contributed by atoms with E-state index in [0.29, 0.717) is 11.8 Å². The Labute approximate surface area is 105 Å². The van der Waals surface area contributed by atoms with Crippen LogP contribution in [0.3, 0.4) is 0 Å². The first kappa shape index (κ1) is 11.5. The summed E-state index contributed by atoms with van der Waals surface area (Å²) in [4.78, 5) is 28.6. The van der Waals surface area contributed by atoms with Crippen molar-refractivity contribution < 1.29 is 4.79 Å². The molecule has 3 heterocycles. The van der Waals surface area contributed by atoms with Gasteiger partial charge in [0.15, 0.2) is 0 Å². The van der Waals surface area contributed by atoms with Crippen molar-refractivity contribution in [3.05, 3.63) is 33.7 Å². The van der Waals surface area contributed by atoms with Gasteiger partial charge in [0.2, 0.25) is 0 Å². The number of hydrogen-bond donors (Lipinski definition) is 2. The van der Waals surface area contributed by atoms with Crippen molar-refractivity contribution in [3.8, 4) is 0 Å². The minimum absolute atomic E-state index is 0.134. The van der Waals surface area contributed by atoms with Gasteiger partial charge in [-0.15, -0.1) is 0 Å². The molecular formula is C13H17N3O2. The number of fused-ring (bicyclic) bond motifs is 1. The van der Waals surface area contributed by atoms with Crippen molar-refractivity contribution in [2.75, 3.05) is 26.2 Å². The molecule has 96 valence electrons. The van der Waals surface area contributed by atoms with Gasteiger partial charge in [-0.2, -0.15) is 0 Å². The van der Waals surface area contributed by atoms with E-state index in [4.69, 9.17) is 0 Å². The summed E-state index contributed by atoms with van der Waals surface area (Å²) in [6, 6.07) is 3.40. The molecular weight excluding hydrogens is 230 g/mol. The van der Waals surface area contributed by atoms with Crippen molar-refractivity contribution in [2.24, 2.45) is 11.8 Å². The summed E-state index contributed by atoms with van der Waals surface area (Å²) >= 11 is 0. The standard InChI is InChI=1S/C13H17N3O2/c1-8-2-3-11(12(17)15-8)13(18)16-6-9-4-14-5-10(9)7-16/h2-3,9-10,14H,4-7H2,1H3,(H,15,17). The topological polar surface area (TPSA) is 65.2 Å². The molecule has 0 saturated carbocycles. The first-order chi connectivity index (χ1) is 8.65. The van der Waals surface area contributed by atoms with Crippen molar-refractivity contribution >= 4 is 5.91 Å². The molecule has 5 nitrogen and oxygen atoms in total. The molecule has 2 saturated heterocycles. The minimum atomic E-state index is -0.282. The molecule has 2 N–H and O–H groups in total. The maximum absolute atomic E-state index is 12.3. The first-order valence-corrected chi connectivity index (χ1v) is 6.35. The molecule has 2 unspecified atom stereocenters. The van der Waals surface area contributed by atoms with Crippen molar-refractivity contribution in [2.45, 2.75) is 6.92 Å². The second kappa shape index (κ2) is 4.24.